The van der Waals surface area contributed by atoms with Crippen LogP contribution in [-0.2, 0) is 4.79 Å². The number of pyridine rings is 2. The monoisotopic (exact) mass is 472 g/mol. The van der Waals surface area contributed by atoms with Crippen LogP contribution in [0.2, 0.25) is 0 Å². The smallest absolute Gasteiger partial charge is 0.255 e. The number of amides is 2. The third-order valence-electron chi connectivity index (χ3n) is 6.20. The highest BCUT2D eigenvalue weighted by Crippen LogP contribution is 2.38. The van der Waals surface area contributed by atoms with Crippen LogP contribution >= 0.6 is 0 Å². The van der Waals surface area contributed by atoms with Crippen molar-refractivity contribution in [3.8, 4) is 0 Å². The summed E-state index contributed by atoms with van der Waals surface area (Å²) in [7, 11) is 1.81. The molecule has 1 aliphatic heterocycles. The molecule has 1 unspecified atom stereocenters. The molecule has 0 saturated heterocycles. The van der Waals surface area contributed by atoms with Crippen molar-refractivity contribution in [2.24, 2.45) is 5.92 Å². The molecule has 0 fully saturated rings. The van der Waals surface area contributed by atoms with Gasteiger partial charge in [0.2, 0.25) is 5.91 Å². The third kappa shape index (κ3) is 5.42. The fourth-order valence-corrected chi connectivity index (χ4v) is 4.20. The zero-order valence-corrected chi connectivity index (χ0v) is 20.7. The molecule has 0 bridgehead atoms. The standard InChI is InChI=1S/C27H32N6O2/c1-5-22-27(35)32(4)24-17-29-25(15-23(24)33(22)14-12-18(2)3)30-20-10-8-19(9-11-20)26(34)31-21-7-6-13-28-16-21/h6-11,13,15-18,22H,5,12,14H2,1-4H3,(H,29,30)(H,31,34). The van der Waals surface area contributed by atoms with Crippen molar-refractivity contribution in [1.29, 1.82) is 0 Å². The number of rotatable bonds is 8. The SMILES string of the molecule is CCC1C(=O)N(C)c2cnc(Nc3ccc(C(=O)Nc4cccnc4)cc3)cc2N1CCC(C)C. The summed E-state index contributed by atoms with van der Waals surface area (Å²) in [4.78, 5) is 37.9. The van der Waals surface area contributed by atoms with Crippen molar-refractivity contribution in [1.82, 2.24) is 9.97 Å². The van der Waals surface area contributed by atoms with Gasteiger partial charge in [0.05, 0.1) is 29.5 Å². The minimum atomic E-state index is -0.199. The fourth-order valence-electron chi connectivity index (χ4n) is 4.20. The molecule has 1 atom stereocenters. The van der Waals surface area contributed by atoms with Crippen molar-refractivity contribution in [3.63, 3.8) is 0 Å². The highest BCUT2D eigenvalue weighted by Gasteiger charge is 2.35. The minimum absolute atomic E-state index is 0.103. The molecular formula is C27H32N6O2. The van der Waals surface area contributed by atoms with Crippen LogP contribution in [0, 0.1) is 5.92 Å². The Balaban J connectivity index is 1.53. The van der Waals surface area contributed by atoms with Crippen molar-refractivity contribution >= 4 is 40.4 Å². The Morgan fingerprint density at radius 1 is 1.09 bits per heavy atom. The zero-order chi connectivity index (χ0) is 24.9. The highest BCUT2D eigenvalue weighted by molar-refractivity contribution is 6.05. The first-order valence-corrected chi connectivity index (χ1v) is 12.0. The summed E-state index contributed by atoms with van der Waals surface area (Å²) < 4.78 is 0. The second-order valence-corrected chi connectivity index (χ2v) is 9.15. The maximum absolute atomic E-state index is 13.0. The van der Waals surface area contributed by atoms with Crippen LogP contribution in [0.25, 0.3) is 0 Å². The average molecular weight is 473 g/mol. The predicted octanol–water partition coefficient (Wildman–Crippen LogP) is 5.08. The lowest BCUT2D eigenvalue weighted by Gasteiger charge is -2.41. The predicted molar refractivity (Wildman–Crippen MR) is 140 cm³/mol. The van der Waals surface area contributed by atoms with E-state index in [2.05, 4.69) is 46.3 Å². The highest BCUT2D eigenvalue weighted by atomic mass is 16.2. The molecule has 1 aliphatic rings. The van der Waals surface area contributed by atoms with E-state index < -0.39 is 0 Å². The van der Waals surface area contributed by atoms with Crippen LogP contribution in [0.4, 0.5) is 28.6 Å². The van der Waals surface area contributed by atoms with Gasteiger partial charge in [0.1, 0.15) is 11.9 Å². The van der Waals surface area contributed by atoms with E-state index in [1.807, 2.05) is 25.2 Å². The van der Waals surface area contributed by atoms with Crippen molar-refractivity contribution in [2.75, 3.05) is 34.0 Å². The van der Waals surface area contributed by atoms with Crippen molar-refractivity contribution < 1.29 is 9.59 Å². The number of fused-ring (bicyclic) bond motifs is 1. The van der Waals surface area contributed by atoms with E-state index in [1.165, 1.54) is 0 Å². The van der Waals surface area contributed by atoms with E-state index in [-0.39, 0.29) is 17.9 Å². The van der Waals surface area contributed by atoms with Gasteiger partial charge >= 0.3 is 0 Å². The van der Waals surface area contributed by atoms with E-state index in [1.54, 1.807) is 47.8 Å². The van der Waals surface area contributed by atoms with Crippen LogP contribution in [0.5, 0.6) is 0 Å². The number of carbonyl (C=O) groups excluding carboxylic acids is 2. The molecule has 4 rings (SSSR count). The lowest BCUT2D eigenvalue weighted by atomic mass is 10.0. The summed E-state index contributed by atoms with van der Waals surface area (Å²) in [5.41, 5.74) is 3.83. The number of hydrogen-bond donors (Lipinski definition) is 2. The van der Waals surface area contributed by atoms with Gasteiger partial charge < -0.3 is 20.4 Å². The number of hydrogen-bond acceptors (Lipinski definition) is 6. The Morgan fingerprint density at radius 3 is 2.51 bits per heavy atom. The van der Waals surface area contributed by atoms with Gasteiger partial charge in [-0.15, -0.1) is 0 Å². The van der Waals surface area contributed by atoms with Crippen LogP contribution in [0.1, 0.15) is 44.0 Å². The Morgan fingerprint density at radius 2 is 1.86 bits per heavy atom. The van der Waals surface area contributed by atoms with Crippen LogP contribution in [0.15, 0.2) is 61.1 Å². The molecule has 3 heterocycles. The molecular weight excluding hydrogens is 440 g/mol. The fraction of sp³-hybridized carbons (Fsp3) is 0.333. The molecule has 0 spiro atoms. The molecule has 0 radical (unpaired) electrons. The van der Waals surface area contributed by atoms with Gasteiger partial charge in [0, 0.05) is 37.1 Å². The summed E-state index contributed by atoms with van der Waals surface area (Å²) in [5, 5.41) is 6.16. The number of aromatic nitrogens is 2. The van der Waals surface area contributed by atoms with Gasteiger partial charge in [-0.2, -0.15) is 0 Å². The van der Waals surface area contributed by atoms with Gasteiger partial charge in [0.25, 0.3) is 5.91 Å². The first-order valence-electron chi connectivity index (χ1n) is 12.0. The minimum Gasteiger partial charge on any atom is -0.358 e. The Hall–Kier alpha value is -3.94. The normalized spacial score (nSPS) is 15.2. The molecule has 2 aromatic heterocycles. The van der Waals surface area contributed by atoms with Crippen molar-refractivity contribution in [3.05, 3.63) is 66.6 Å². The quantitative estimate of drug-likeness (QED) is 0.475. The largest absolute Gasteiger partial charge is 0.358 e. The van der Waals surface area contributed by atoms with E-state index in [9.17, 15) is 9.59 Å². The number of nitrogens with zero attached hydrogens (tertiary/aromatic N) is 4. The van der Waals surface area contributed by atoms with Gasteiger partial charge in [-0.25, -0.2) is 4.98 Å². The van der Waals surface area contributed by atoms with Crippen molar-refractivity contribution in [2.45, 2.75) is 39.7 Å². The third-order valence-corrected chi connectivity index (χ3v) is 6.20. The lowest BCUT2D eigenvalue weighted by molar-refractivity contribution is -0.120. The first kappa shape index (κ1) is 24.2. The van der Waals surface area contributed by atoms with Crippen LogP contribution < -0.4 is 20.4 Å². The summed E-state index contributed by atoms with van der Waals surface area (Å²) in [6, 6.07) is 12.6. The molecule has 2 amide bonds. The zero-order valence-electron chi connectivity index (χ0n) is 20.7. The maximum atomic E-state index is 13.0. The average Bonchev–Trinajstić information content (AvgIpc) is 2.86. The number of benzene rings is 1. The maximum Gasteiger partial charge on any atom is 0.255 e. The Labute approximate surface area is 206 Å². The molecule has 3 aromatic rings. The molecule has 0 aliphatic carbocycles. The van der Waals surface area contributed by atoms with Gasteiger partial charge in [-0.05, 0) is 55.2 Å². The molecule has 182 valence electrons. The Bertz CT molecular complexity index is 1180. The number of nitrogens with one attached hydrogen (secondary N) is 2. The van der Waals surface area contributed by atoms with E-state index in [4.69, 9.17) is 0 Å². The number of carbonyl (C=O) groups is 2. The number of anilines is 5. The summed E-state index contributed by atoms with van der Waals surface area (Å²) in [6.07, 6.45) is 6.76. The molecule has 8 nitrogen and oxygen atoms in total. The topological polar surface area (TPSA) is 90.5 Å². The summed E-state index contributed by atoms with van der Waals surface area (Å²) in [6.45, 7) is 7.25. The first-order chi connectivity index (χ1) is 16.9. The van der Waals surface area contributed by atoms with E-state index in [0.717, 1.165) is 36.4 Å². The Kier molecular flexibility index (Phi) is 7.29. The second kappa shape index (κ2) is 10.5. The second-order valence-electron chi connectivity index (χ2n) is 9.15. The molecule has 1 aromatic carbocycles. The lowest BCUT2D eigenvalue weighted by Crippen LogP contribution is -2.52. The molecule has 35 heavy (non-hydrogen) atoms. The molecule has 8 heteroatoms. The van der Waals surface area contributed by atoms with Crippen LogP contribution in [0.3, 0.4) is 0 Å². The molecule has 2 N–H and O–H groups in total. The van der Waals surface area contributed by atoms with Gasteiger partial charge in [-0.1, -0.05) is 20.8 Å². The van der Waals surface area contributed by atoms with E-state index in [0.29, 0.717) is 23.0 Å². The van der Waals surface area contributed by atoms with Gasteiger partial charge in [-0.3, -0.25) is 14.6 Å². The summed E-state index contributed by atoms with van der Waals surface area (Å²) >= 11 is 0. The van der Waals surface area contributed by atoms with Crippen LogP contribution in [-0.4, -0.2) is 41.4 Å². The molecule has 0 saturated carbocycles. The van der Waals surface area contributed by atoms with Gasteiger partial charge in [0.15, 0.2) is 0 Å². The summed E-state index contributed by atoms with van der Waals surface area (Å²) in [5.74, 6) is 1.13. The number of likely N-dealkylation sites (N-methyl/N-ethyl adjacent to an activating group) is 1. The van der Waals surface area contributed by atoms with E-state index >= 15 is 0 Å².